The molecule has 2 bridgehead atoms. The first-order valence-electron chi connectivity index (χ1n) is 18.0. The van der Waals surface area contributed by atoms with Gasteiger partial charge in [-0.25, -0.2) is 0 Å². The van der Waals surface area contributed by atoms with Crippen molar-refractivity contribution in [2.75, 3.05) is 6.61 Å². The van der Waals surface area contributed by atoms with Crippen molar-refractivity contribution in [3.8, 4) is 0 Å². The maximum absolute atomic E-state index is 13.4. The van der Waals surface area contributed by atoms with Crippen molar-refractivity contribution in [1.29, 1.82) is 0 Å². The molecule has 8 heteroatoms. The number of carbonyl (C=O) groups excluding carboxylic acids is 1. The van der Waals surface area contributed by atoms with Crippen molar-refractivity contribution in [1.82, 2.24) is 0 Å². The van der Waals surface area contributed by atoms with E-state index in [-0.39, 0.29) is 23.9 Å². The number of ketones is 1. The summed E-state index contributed by atoms with van der Waals surface area (Å²) in [6, 6.07) is 6.55. The van der Waals surface area contributed by atoms with E-state index in [4.69, 9.17) is 18.0 Å². The molecule has 0 aromatic carbocycles. The fraction of sp³-hybridized carbons (Fsp3) is 0.914. The Kier molecular flexibility index (Phi) is 14.7. The van der Waals surface area contributed by atoms with Gasteiger partial charge in [0.2, 0.25) is 0 Å². The predicted molar refractivity (Wildman–Crippen MR) is 191 cm³/mol. The zero-order valence-corrected chi connectivity index (χ0v) is 33.7. The summed E-state index contributed by atoms with van der Waals surface area (Å²) < 4.78 is 28.8. The number of carbonyl (C=O) groups is 1. The summed E-state index contributed by atoms with van der Waals surface area (Å²) in [5, 5.41) is 0. The fourth-order valence-corrected chi connectivity index (χ4v) is 20.0. The van der Waals surface area contributed by atoms with Crippen LogP contribution in [0.15, 0.2) is 11.6 Å². The van der Waals surface area contributed by atoms with Gasteiger partial charge in [-0.15, -0.1) is 0 Å². The normalized spacial score (nSPS) is 27.8. The zero-order chi connectivity index (χ0) is 32.8. The van der Waals surface area contributed by atoms with Crippen LogP contribution in [-0.2, 0) is 22.8 Å². The first kappa shape index (κ1) is 39.1. The Morgan fingerprint density at radius 3 is 1.77 bits per heavy atom. The molecule has 2 aliphatic rings. The number of Topliss-reactive ketones (excluding diaryl/α,β-unsaturated/α-hetero) is 1. The summed E-state index contributed by atoms with van der Waals surface area (Å²) in [5.41, 5.74) is 2.27. The quantitative estimate of drug-likeness (QED) is 0.115. The standard InChI is InChI=1S/C35H70O5Si3/c1-15-41(16-2,17-3)39-33-24-35(14,40-42(18-4,19-5)20-6)34-22-21-31(36)32(38-34)23-30(33)29(13)25-37-43(26(7)8,27(9)10)28(11)12/h23,26-29,32-34H,15-22,24-25H2,1-14H3/b30-23-/t29-,32-,33+,34-,35-/m1/s1. The highest BCUT2D eigenvalue weighted by Gasteiger charge is 2.51. The summed E-state index contributed by atoms with van der Waals surface area (Å²) in [4.78, 5) is 13.4. The van der Waals surface area contributed by atoms with Gasteiger partial charge in [0.05, 0.1) is 17.8 Å². The van der Waals surface area contributed by atoms with Gasteiger partial charge in [0.1, 0.15) is 6.10 Å². The summed E-state index contributed by atoms with van der Waals surface area (Å²) in [6.45, 7) is 33.2. The van der Waals surface area contributed by atoms with Crippen LogP contribution in [0.1, 0.15) is 116 Å². The van der Waals surface area contributed by atoms with Crippen molar-refractivity contribution < 1.29 is 22.8 Å². The van der Waals surface area contributed by atoms with Crippen molar-refractivity contribution in [3.05, 3.63) is 11.6 Å². The molecular formula is C35H70O5Si3. The zero-order valence-electron chi connectivity index (χ0n) is 30.7. The molecule has 2 rings (SSSR count). The number of fused-ring (bicyclic) bond motifs is 2. The van der Waals surface area contributed by atoms with Gasteiger partial charge in [0.25, 0.3) is 0 Å². The Morgan fingerprint density at radius 1 is 0.837 bits per heavy atom. The molecule has 1 fully saturated rings. The number of hydrogen-bond acceptors (Lipinski definition) is 5. The first-order valence-corrected chi connectivity index (χ1v) is 25.2. The molecule has 252 valence electrons. The molecule has 0 N–H and O–H groups in total. The lowest BCUT2D eigenvalue weighted by atomic mass is 9.80. The lowest BCUT2D eigenvalue weighted by molar-refractivity contribution is -0.162. The number of hydrogen-bond donors (Lipinski definition) is 0. The van der Waals surface area contributed by atoms with E-state index in [1.807, 2.05) is 0 Å². The van der Waals surface area contributed by atoms with Gasteiger partial charge in [0, 0.05) is 25.4 Å². The second-order valence-corrected chi connectivity index (χ2v) is 29.8. The van der Waals surface area contributed by atoms with Gasteiger partial charge in [-0.2, -0.15) is 0 Å². The van der Waals surface area contributed by atoms with Crippen molar-refractivity contribution in [2.24, 2.45) is 5.92 Å². The lowest BCUT2D eigenvalue weighted by Gasteiger charge is -2.51. The predicted octanol–water partition coefficient (Wildman–Crippen LogP) is 10.4. The summed E-state index contributed by atoms with van der Waals surface area (Å²) >= 11 is 0. The van der Waals surface area contributed by atoms with E-state index >= 15 is 0 Å². The smallest absolute Gasteiger partial charge is 0.200 e. The molecule has 0 aromatic heterocycles. The Bertz CT molecular complexity index is 873. The van der Waals surface area contributed by atoms with Crippen LogP contribution in [0.4, 0.5) is 0 Å². The molecule has 0 aromatic rings. The Labute approximate surface area is 270 Å². The van der Waals surface area contributed by atoms with Gasteiger partial charge in [-0.1, -0.05) is 90.0 Å². The van der Waals surface area contributed by atoms with E-state index in [0.717, 1.165) is 49.1 Å². The van der Waals surface area contributed by atoms with Crippen LogP contribution in [0.25, 0.3) is 0 Å². The second-order valence-electron chi connectivity index (χ2n) is 15.0. The third kappa shape index (κ3) is 8.44. The number of rotatable bonds is 17. The SMILES string of the molecule is CC[Si](CC)(CC)O[C@H]1C[C@@](C)(O[Si](CC)(CC)CC)[C@H]2CCC(=O)[C@@H](/C=C\1[C@H](C)CO[Si](C(C)C)(C(C)C)C(C)C)O2. The molecule has 0 spiro atoms. The molecule has 0 saturated carbocycles. The van der Waals surface area contributed by atoms with Crippen molar-refractivity contribution >= 4 is 30.7 Å². The van der Waals surface area contributed by atoms with Crippen molar-refractivity contribution in [2.45, 2.75) is 193 Å². The van der Waals surface area contributed by atoms with Crippen LogP contribution in [0.5, 0.6) is 0 Å². The lowest BCUT2D eigenvalue weighted by Crippen LogP contribution is -2.59. The molecule has 5 atom stereocenters. The average Bonchev–Trinajstić information content (AvgIpc) is 2.97. The Balaban J connectivity index is 2.68. The van der Waals surface area contributed by atoms with Gasteiger partial charge >= 0.3 is 0 Å². The molecule has 0 radical (unpaired) electrons. The van der Waals surface area contributed by atoms with Gasteiger partial charge < -0.3 is 18.0 Å². The highest BCUT2D eigenvalue weighted by molar-refractivity contribution is 6.77. The molecule has 0 amide bonds. The second kappa shape index (κ2) is 16.1. The first-order chi connectivity index (χ1) is 20.1. The van der Waals surface area contributed by atoms with Gasteiger partial charge in [-0.3, -0.25) is 4.79 Å². The van der Waals surface area contributed by atoms with E-state index in [9.17, 15) is 4.79 Å². The molecule has 2 heterocycles. The largest absolute Gasteiger partial charge is 0.415 e. The highest BCUT2D eigenvalue weighted by atomic mass is 28.4. The summed E-state index contributed by atoms with van der Waals surface area (Å²) in [7, 11) is -6.02. The summed E-state index contributed by atoms with van der Waals surface area (Å²) in [5.74, 6) is 0.310. The van der Waals surface area contributed by atoms with E-state index in [1.165, 1.54) is 5.57 Å². The van der Waals surface area contributed by atoms with E-state index in [2.05, 4.69) is 103 Å². The van der Waals surface area contributed by atoms with Crippen LogP contribution in [0, 0.1) is 5.92 Å². The topological polar surface area (TPSA) is 54.0 Å². The average molecular weight is 655 g/mol. The van der Waals surface area contributed by atoms with Crippen molar-refractivity contribution in [3.63, 3.8) is 0 Å². The highest BCUT2D eigenvalue weighted by Crippen LogP contribution is 2.45. The summed E-state index contributed by atoms with van der Waals surface area (Å²) in [6.07, 6.45) is 3.49. The molecule has 1 saturated heterocycles. The maximum Gasteiger partial charge on any atom is 0.200 e. The Morgan fingerprint density at radius 2 is 1.33 bits per heavy atom. The Hall–Kier alpha value is -0.0994. The van der Waals surface area contributed by atoms with E-state index in [1.54, 1.807) is 0 Å². The van der Waals surface area contributed by atoms with Crippen LogP contribution in [-0.4, -0.2) is 61.3 Å². The third-order valence-electron chi connectivity index (χ3n) is 11.8. The molecular weight excluding hydrogens is 585 g/mol. The van der Waals surface area contributed by atoms with E-state index in [0.29, 0.717) is 29.7 Å². The molecule has 0 aliphatic carbocycles. The molecule has 43 heavy (non-hydrogen) atoms. The van der Waals surface area contributed by atoms with Crippen LogP contribution >= 0.6 is 0 Å². The minimum atomic E-state index is -2.06. The monoisotopic (exact) mass is 654 g/mol. The minimum Gasteiger partial charge on any atom is -0.415 e. The van der Waals surface area contributed by atoms with Crippen LogP contribution in [0.2, 0.25) is 52.9 Å². The maximum atomic E-state index is 13.4. The molecule has 0 unspecified atom stereocenters. The number of ether oxygens (including phenoxy) is 1. The molecule has 5 nitrogen and oxygen atoms in total. The fourth-order valence-electron chi connectivity index (χ4n) is 8.54. The van der Waals surface area contributed by atoms with Crippen LogP contribution in [0.3, 0.4) is 0 Å². The minimum absolute atomic E-state index is 0.0969. The van der Waals surface area contributed by atoms with Gasteiger partial charge in [0.15, 0.2) is 30.7 Å². The van der Waals surface area contributed by atoms with Gasteiger partial charge in [-0.05, 0) is 77.9 Å². The molecule has 2 aliphatic heterocycles. The van der Waals surface area contributed by atoms with E-state index < -0.39 is 36.7 Å². The van der Waals surface area contributed by atoms with Crippen LogP contribution < -0.4 is 0 Å². The third-order valence-corrected chi connectivity index (χ3v) is 27.3.